The summed E-state index contributed by atoms with van der Waals surface area (Å²) in [5.41, 5.74) is -0.111. The largest absolute Gasteiger partial charge is 0.460 e. The molecule has 0 bridgehead atoms. The van der Waals surface area contributed by atoms with Crippen LogP contribution in [-0.4, -0.2) is 77.7 Å². The first-order valence-corrected chi connectivity index (χ1v) is 12.2. The fourth-order valence-corrected chi connectivity index (χ4v) is 4.01. The quantitative estimate of drug-likeness (QED) is 0.119. The average molecular weight is 522 g/mol. The van der Waals surface area contributed by atoms with Crippen LogP contribution in [0.2, 0.25) is 0 Å². The highest BCUT2D eigenvalue weighted by molar-refractivity contribution is 5.88. The smallest absolute Gasteiger partial charge is 0.333 e. The topological polar surface area (TPSA) is 170 Å². The second-order valence-corrected chi connectivity index (χ2v) is 8.89. The van der Waals surface area contributed by atoms with Crippen LogP contribution in [0.4, 0.5) is 0 Å². The van der Waals surface area contributed by atoms with Crippen molar-refractivity contribution in [3.8, 4) is 0 Å². The Bertz CT molecular complexity index is 1260. The van der Waals surface area contributed by atoms with Gasteiger partial charge in [-0.25, -0.2) is 14.6 Å². The van der Waals surface area contributed by atoms with Gasteiger partial charge in [-0.3, -0.25) is 13.9 Å². The summed E-state index contributed by atoms with van der Waals surface area (Å²) in [6, 6.07) is 0. The number of unbranched alkanes of at least 4 members (excludes halogenated alkanes) is 2. The number of ether oxygens (including phenoxy) is 2. The van der Waals surface area contributed by atoms with Gasteiger partial charge in [-0.15, -0.1) is 0 Å². The second-order valence-electron chi connectivity index (χ2n) is 8.89. The number of carbonyl (C=O) groups is 1. The summed E-state index contributed by atoms with van der Waals surface area (Å²) in [4.78, 5) is 42.3. The Morgan fingerprint density at radius 1 is 1.24 bits per heavy atom. The number of imidazole rings is 1. The molecule has 0 unspecified atom stereocenters. The Morgan fingerprint density at radius 3 is 2.68 bits per heavy atom. The molecule has 3 rings (SSSR count). The third kappa shape index (κ3) is 6.36. The van der Waals surface area contributed by atoms with Gasteiger partial charge in [0.05, 0.1) is 19.5 Å². The number of nitrogens with one attached hydrogen (secondary N) is 1. The summed E-state index contributed by atoms with van der Waals surface area (Å²) in [7, 11) is 1.55. The minimum absolute atomic E-state index is 0.108. The van der Waals surface area contributed by atoms with Crippen molar-refractivity contribution in [1.29, 1.82) is 0 Å². The van der Waals surface area contributed by atoms with Crippen LogP contribution in [0.5, 0.6) is 0 Å². The van der Waals surface area contributed by atoms with Gasteiger partial charge >= 0.3 is 11.7 Å². The fourth-order valence-electron chi connectivity index (χ4n) is 4.01. The number of rotatable bonds is 12. The number of esters is 1. The van der Waals surface area contributed by atoms with Crippen LogP contribution in [0.25, 0.3) is 11.2 Å². The first-order chi connectivity index (χ1) is 17.7. The Balaban J connectivity index is 1.59. The van der Waals surface area contributed by atoms with E-state index in [4.69, 9.17) is 14.6 Å². The van der Waals surface area contributed by atoms with Crippen LogP contribution in [-0.2, 0) is 34.4 Å². The summed E-state index contributed by atoms with van der Waals surface area (Å²) in [6.07, 6.45) is 4.63. The van der Waals surface area contributed by atoms with E-state index >= 15 is 0 Å². The third-order valence-corrected chi connectivity index (χ3v) is 6.22. The van der Waals surface area contributed by atoms with E-state index in [-0.39, 0.29) is 18.7 Å². The second kappa shape index (κ2) is 12.8. The summed E-state index contributed by atoms with van der Waals surface area (Å²) < 4.78 is 14.6. The summed E-state index contributed by atoms with van der Waals surface area (Å²) in [5, 5.41) is 31.5. The molecule has 0 saturated carbocycles. The Kier molecular flexibility index (Phi) is 9.80. The maximum absolute atomic E-state index is 13.1. The lowest BCUT2D eigenvalue weighted by molar-refractivity contribution is -0.139. The molecule has 1 aliphatic rings. The van der Waals surface area contributed by atoms with Crippen molar-refractivity contribution in [1.82, 2.24) is 24.0 Å². The van der Waals surface area contributed by atoms with Crippen LogP contribution in [0, 0.1) is 0 Å². The summed E-state index contributed by atoms with van der Waals surface area (Å²) >= 11 is 0. The molecular weight excluding hydrogens is 486 g/mol. The number of aliphatic hydroxyl groups excluding tert-OH is 3. The van der Waals surface area contributed by atoms with E-state index in [0.717, 1.165) is 23.8 Å². The lowest BCUT2D eigenvalue weighted by Gasteiger charge is -2.14. The first-order valence-electron chi connectivity index (χ1n) is 12.2. The van der Waals surface area contributed by atoms with Gasteiger partial charge in [-0.05, 0) is 25.6 Å². The van der Waals surface area contributed by atoms with Crippen LogP contribution in [0.1, 0.15) is 33.1 Å². The van der Waals surface area contributed by atoms with Crippen LogP contribution in [0.15, 0.2) is 39.8 Å². The molecule has 1 aliphatic heterocycles. The van der Waals surface area contributed by atoms with E-state index in [0.29, 0.717) is 17.7 Å². The van der Waals surface area contributed by atoms with Gasteiger partial charge < -0.3 is 34.7 Å². The predicted octanol–water partition coefficient (Wildman–Crippen LogP) is -0.881. The number of fused-ring (bicyclic) bond motifs is 1. The maximum Gasteiger partial charge on any atom is 0.333 e. The van der Waals surface area contributed by atoms with E-state index in [1.807, 2.05) is 0 Å². The molecule has 37 heavy (non-hydrogen) atoms. The van der Waals surface area contributed by atoms with Crippen LogP contribution >= 0.6 is 0 Å². The molecule has 2 aromatic heterocycles. The van der Waals surface area contributed by atoms with Gasteiger partial charge in [0.1, 0.15) is 24.9 Å². The number of hydrogen-bond donors (Lipinski definition) is 4. The van der Waals surface area contributed by atoms with E-state index in [1.165, 1.54) is 29.8 Å². The van der Waals surface area contributed by atoms with Gasteiger partial charge in [-0.2, -0.15) is 0 Å². The Labute approximate surface area is 213 Å². The number of aryl methyl sites for hydroxylation is 2. The van der Waals surface area contributed by atoms with Gasteiger partial charge in [0.2, 0.25) is 0 Å². The molecule has 0 amide bonds. The molecule has 4 atom stereocenters. The first kappa shape index (κ1) is 28.3. The minimum Gasteiger partial charge on any atom is -0.460 e. The van der Waals surface area contributed by atoms with Crippen molar-refractivity contribution in [2.75, 3.05) is 13.2 Å². The van der Waals surface area contributed by atoms with Crippen molar-refractivity contribution in [3.63, 3.8) is 0 Å². The third-order valence-electron chi connectivity index (χ3n) is 6.22. The zero-order chi connectivity index (χ0) is 27.1. The molecule has 0 aromatic carbocycles. The van der Waals surface area contributed by atoms with E-state index < -0.39 is 48.4 Å². The molecule has 1 saturated heterocycles. The molecule has 3 heterocycles. The Hall–Kier alpha value is -3.26. The van der Waals surface area contributed by atoms with Crippen molar-refractivity contribution in [2.24, 2.45) is 7.05 Å². The fraction of sp³-hybridized carbons (Fsp3) is 0.583. The monoisotopic (exact) mass is 521 g/mol. The molecule has 4 N–H and O–H groups in total. The molecule has 0 radical (unpaired) electrons. The highest BCUT2D eigenvalue weighted by Gasteiger charge is 2.41. The molecule has 1 fully saturated rings. The van der Waals surface area contributed by atoms with Gasteiger partial charge in [0.15, 0.2) is 17.4 Å². The molecule has 2 aromatic rings. The number of hydrogen-bond acceptors (Lipinski definition) is 10. The predicted molar refractivity (Wildman–Crippen MR) is 134 cm³/mol. The van der Waals surface area contributed by atoms with Gasteiger partial charge in [0.25, 0.3) is 5.56 Å². The van der Waals surface area contributed by atoms with Gasteiger partial charge in [-0.1, -0.05) is 25.8 Å². The highest BCUT2D eigenvalue weighted by Crippen LogP contribution is 2.19. The number of allylic oxidation sites excluding steroid dienone is 2. The SMILES string of the molecule is CCCCCn1cnc2c1c(=O)n(CCOC(=O)/C(C)=C/C=C\N[C@@H]1O[C@H](CO)[C@@H](O)[C@H]1O)c(=O)n2C. The van der Waals surface area contributed by atoms with Gasteiger partial charge in [0, 0.05) is 19.2 Å². The summed E-state index contributed by atoms with van der Waals surface area (Å²) in [6.45, 7) is 3.52. The molecule has 13 nitrogen and oxygen atoms in total. The van der Waals surface area contributed by atoms with Crippen LogP contribution < -0.4 is 16.6 Å². The van der Waals surface area contributed by atoms with Crippen molar-refractivity contribution < 1.29 is 29.6 Å². The van der Waals surface area contributed by atoms with E-state index in [9.17, 15) is 24.6 Å². The molecule has 0 aliphatic carbocycles. The van der Waals surface area contributed by atoms with Crippen molar-refractivity contribution >= 4 is 17.1 Å². The number of carbonyl (C=O) groups excluding carboxylic acids is 1. The Morgan fingerprint density at radius 2 is 2.00 bits per heavy atom. The average Bonchev–Trinajstić information content (AvgIpc) is 3.43. The summed E-state index contributed by atoms with van der Waals surface area (Å²) in [5.74, 6) is -0.631. The zero-order valence-corrected chi connectivity index (χ0v) is 21.2. The molecule has 13 heteroatoms. The number of aliphatic hydroxyl groups is 3. The normalized spacial score (nSPS) is 22.3. The zero-order valence-electron chi connectivity index (χ0n) is 21.2. The lowest BCUT2D eigenvalue weighted by Crippen LogP contribution is -2.40. The number of nitrogens with zero attached hydrogens (tertiary/aromatic N) is 4. The molecular formula is C24H35N5O8. The lowest BCUT2D eigenvalue weighted by atomic mass is 10.1. The van der Waals surface area contributed by atoms with E-state index in [2.05, 4.69) is 17.2 Å². The molecule has 0 spiro atoms. The van der Waals surface area contributed by atoms with Crippen LogP contribution in [0.3, 0.4) is 0 Å². The van der Waals surface area contributed by atoms with E-state index in [1.54, 1.807) is 17.9 Å². The highest BCUT2D eigenvalue weighted by atomic mass is 16.6. The minimum atomic E-state index is -1.22. The van der Waals surface area contributed by atoms with Crippen molar-refractivity contribution in [2.45, 2.75) is 70.7 Å². The molecule has 204 valence electrons. The van der Waals surface area contributed by atoms with Crippen molar-refractivity contribution in [3.05, 3.63) is 51.1 Å². The standard InChI is InChI=1S/C24H35N5O8/c1-4-5-6-10-28-14-26-20-17(28)22(33)29(24(35)27(20)3)11-12-36-23(34)15(2)8-7-9-25-21-19(32)18(31)16(13-30)37-21/h7-9,14,16,18-19,21,25,30-32H,4-6,10-13H2,1-3H3/b9-7-,15-8+/t16-,18-,19-,21-/m1/s1. The maximum atomic E-state index is 13.1. The number of aromatic nitrogens is 4.